The second kappa shape index (κ2) is 15.8. The molecular formula is C34H42O20. The van der Waals surface area contributed by atoms with E-state index in [9.17, 15) is 66.1 Å². The molecule has 1 aromatic heterocycles. The van der Waals surface area contributed by atoms with E-state index >= 15 is 0 Å². The molecule has 3 aromatic rings. The maximum absolute atomic E-state index is 13.5. The number of hydrogen-bond acceptors (Lipinski definition) is 20. The van der Waals surface area contributed by atoms with Crippen LogP contribution in [-0.4, -0.2) is 167 Å². The predicted octanol–water partition coefficient (Wildman–Crippen LogP) is -3.57. The molecule has 15 atom stereocenters. The number of hydrogen-bond donors (Lipinski definition) is 12. The Bertz CT molecular complexity index is 1850. The van der Waals surface area contributed by atoms with E-state index in [0.717, 1.165) is 12.1 Å². The van der Waals surface area contributed by atoms with Gasteiger partial charge in [0.15, 0.2) is 23.2 Å². The maximum Gasteiger partial charge on any atom is 0.229 e. The van der Waals surface area contributed by atoms with E-state index in [4.69, 9.17) is 32.8 Å². The minimum Gasteiger partial charge on any atom is -0.506 e. The molecule has 0 radical (unpaired) electrons. The molecule has 4 heterocycles. The zero-order chi connectivity index (χ0) is 39.3. The molecule has 0 bridgehead atoms. The highest BCUT2D eigenvalue weighted by Crippen LogP contribution is 2.46. The second-order valence-electron chi connectivity index (χ2n) is 13.3. The third kappa shape index (κ3) is 7.22. The highest BCUT2D eigenvalue weighted by Gasteiger charge is 2.50. The summed E-state index contributed by atoms with van der Waals surface area (Å²) in [7, 11) is 1.33. The summed E-state index contributed by atoms with van der Waals surface area (Å²) in [6.45, 7) is -0.113. The molecule has 0 spiro atoms. The molecule has 0 amide bonds. The summed E-state index contributed by atoms with van der Waals surface area (Å²) in [5.41, 5.74) is -1.56. The lowest BCUT2D eigenvalue weighted by atomic mass is 9.89. The first-order chi connectivity index (χ1) is 25.6. The average molecular weight is 771 g/mol. The Labute approximate surface area is 304 Å². The number of aliphatic hydroxyl groups is 10. The van der Waals surface area contributed by atoms with E-state index in [0.29, 0.717) is 0 Å². The third-order valence-corrected chi connectivity index (χ3v) is 9.78. The van der Waals surface area contributed by atoms with Gasteiger partial charge in [0.2, 0.25) is 6.29 Å². The summed E-state index contributed by atoms with van der Waals surface area (Å²) >= 11 is 0. The van der Waals surface area contributed by atoms with E-state index in [-0.39, 0.29) is 28.4 Å². The number of aromatic hydroxyl groups is 2. The lowest BCUT2D eigenvalue weighted by molar-refractivity contribution is -0.318. The van der Waals surface area contributed by atoms with Gasteiger partial charge in [-0.1, -0.05) is 0 Å². The molecule has 3 fully saturated rings. The molecule has 3 aliphatic rings. The van der Waals surface area contributed by atoms with Gasteiger partial charge in [0.05, 0.1) is 32.0 Å². The topological polar surface area (TPSA) is 328 Å². The van der Waals surface area contributed by atoms with Crippen molar-refractivity contribution in [2.75, 3.05) is 20.3 Å². The molecule has 12 N–H and O–H groups in total. The number of methoxy groups -OCH3 is 1. The zero-order valence-corrected chi connectivity index (χ0v) is 28.6. The van der Waals surface area contributed by atoms with Gasteiger partial charge in [0.1, 0.15) is 101 Å². The molecule has 20 heteroatoms. The summed E-state index contributed by atoms with van der Waals surface area (Å²) in [6.07, 6.45) is -25.8. The normalized spacial score (nSPS) is 37.3. The zero-order valence-electron chi connectivity index (χ0n) is 28.6. The molecule has 6 rings (SSSR count). The van der Waals surface area contributed by atoms with Crippen molar-refractivity contribution in [3.8, 4) is 34.3 Å². The van der Waals surface area contributed by atoms with E-state index in [1.807, 2.05) is 0 Å². The van der Waals surface area contributed by atoms with Crippen molar-refractivity contribution in [1.82, 2.24) is 0 Å². The maximum atomic E-state index is 13.5. The van der Waals surface area contributed by atoms with Crippen LogP contribution in [0, 0.1) is 0 Å². The van der Waals surface area contributed by atoms with Crippen LogP contribution in [-0.2, 0) is 18.9 Å². The molecule has 298 valence electrons. The number of phenols is 2. The SMILES string of the molecule is COc1ccc(-c2cc(=O)c3c(O)c([C@@H]4O[C@H](CO)[C@@H](O)[C@H](O)[C@H]4O)c(O[C@@H]4O[C@H](CO[C@@H]5O[C@@H](C)[C@H](O)[C@@H](O)[C@H]5O)[C@@H](O)[C@H](O)[C@H]4O)cc3o2)cc1O. The number of aliphatic hydroxyl groups excluding tert-OH is 10. The van der Waals surface area contributed by atoms with Crippen LogP contribution in [0.3, 0.4) is 0 Å². The van der Waals surface area contributed by atoms with Gasteiger partial charge in [-0.25, -0.2) is 0 Å². The number of benzene rings is 2. The fourth-order valence-corrected chi connectivity index (χ4v) is 6.61. The van der Waals surface area contributed by atoms with Crippen LogP contribution in [0.1, 0.15) is 18.6 Å². The quantitative estimate of drug-likeness (QED) is 0.100. The Morgan fingerprint density at radius 1 is 0.704 bits per heavy atom. The minimum atomic E-state index is -2.04. The summed E-state index contributed by atoms with van der Waals surface area (Å²) in [6, 6.07) is 6.12. The second-order valence-corrected chi connectivity index (χ2v) is 13.3. The smallest absolute Gasteiger partial charge is 0.229 e. The van der Waals surface area contributed by atoms with Crippen LogP contribution in [0.5, 0.6) is 23.0 Å². The molecule has 3 saturated heterocycles. The Balaban J connectivity index is 1.40. The van der Waals surface area contributed by atoms with Crippen LogP contribution in [0.4, 0.5) is 0 Å². The summed E-state index contributed by atoms with van der Waals surface area (Å²) < 4.78 is 39.2. The predicted molar refractivity (Wildman–Crippen MR) is 176 cm³/mol. The van der Waals surface area contributed by atoms with Gasteiger partial charge in [0, 0.05) is 17.7 Å². The summed E-state index contributed by atoms with van der Waals surface area (Å²) in [5.74, 6) is -1.76. The average Bonchev–Trinajstić information content (AvgIpc) is 3.14. The van der Waals surface area contributed by atoms with Crippen LogP contribution < -0.4 is 14.9 Å². The van der Waals surface area contributed by atoms with Crippen LogP contribution in [0.25, 0.3) is 22.3 Å². The van der Waals surface area contributed by atoms with E-state index in [1.165, 1.54) is 32.2 Å². The monoisotopic (exact) mass is 770 g/mol. The number of ether oxygens (including phenoxy) is 6. The Morgan fingerprint density at radius 2 is 1.35 bits per heavy atom. The Hall–Kier alpha value is -3.71. The molecule has 0 unspecified atom stereocenters. The minimum absolute atomic E-state index is 0.111. The van der Waals surface area contributed by atoms with E-state index in [2.05, 4.69) is 0 Å². The van der Waals surface area contributed by atoms with Crippen LogP contribution in [0.2, 0.25) is 0 Å². The number of rotatable bonds is 9. The first-order valence-corrected chi connectivity index (χ1v) is 16.8. The first kappa shape index (κ1) is 40.0. The summed E-state index contributed by atoms with van der Waals surface area (Å²) in [4.78, 5) is 13.5. The largest absolute Gasteiger partial charge is 0.506 e. The Kier molecular flexibility index (Phi) is 11.7. The lowest BCUT2D eigenvalue weighted by Gasteiger charge is -2.43. The molecule has 3 aliphatic heterocycles. The van der Waals surface area contributed by atoms with Crippen molar-refractivity contribution in [1.29, 1.82) is 0 Å². The van der Waals surface area contributed by atoms with Crippen molar-refractivity contribution in [3.05, 3.63) is 46.1 Å². The van der Waals surface area contributed by atoms with E-state index in [1.54, 1.807) is 0 Å². The van der Waals surface area contributed by atoms with Gasteiger partial charge >= 0.3 is 0 Å². The van der Waals surface area contributed by atoms with Crippen LogP contribution >= 0.6 is 0 Å². The summed E-state index contributed by atoms with van der Waals surface area (Å²) in [5, 5.41) is 126. The number of phenolic OH excluding ortho intramolecular Hbond substituents is 2. The van der Waals surface area contributed by atoms with Gasteiger partial charge in [-0.05, 0) is 25.1 Å². The lowest BCUT2D eigenvalue weighted by Crippen LogP contribution is -2.61. The molecule has 2 aromatic carbocycles. The van der Waals surface area contributed by atoms with Crippen molar-refractivity contribution in [2.45, 2.75) is 98.9 Å². The van der Waals surface area contributed by atoms with Gasteiger partial charge in [-0.3, -0.25) is 4.79 Å². The van der Waals surface area contributed by atoms with Gasteiger partial charge in [0.25, 0.3) is 0 Å². The van der Waals surface area contributed by atoms with Crippen molar-refractivity contribution < 1.29 is 94.1 Å². The van der Waals surface area contributed by atoms with Crippen molar-refractivity contribution in [3.63, 3.8) is 0 Å². The number of fused-ring (bicyclic) bond motifs is 1. The van der Waals surface area contributed by atoms with Gasteiger partial charge in [-0.2, -0.15) is 0 Å². The van der Waals surface area contributed by atoms with E-state index < -0.39 is 133 Å². The fraction of sp³-hybridized carbons (Fsp3) is 0.559. The fourth-order valence-electron chi connectivity index (χ4n) is 6.61. The third-order valence-electron chi connectivity index (χ3n) is 9.78. The van der Waals surface area contributed by atoms with Gasteiger partial charge < -0.3 is 94.1 Å². The highest BCUT2D eigenvalue weighted by atomic mass is 16.7. The highest BCUT2D eigenvalue weighted by molar-refractivity contribution is 5.88. The van der Waals surface area contributed by atoms with Crippen LogP contribution in [0.15, 0.2) is 39.5 Å². The molecule has 0 aliphatic carbocycles. The molecule has 20 nitrogen and oxygen atoms in total. The first-order valence-electron chi connectivity index (χ1n) is 16.8. The van der Waals surface area contributed by atoms with Gasteiger partial charge in [-0.15, -0.1) is 0 Å². The van der Waals surface area contributed by atoms with Crippen molar-refractivity contribution in [2.24, 2.45) is 0 Å². The standard InChI is InChI=1S/C34H42O20/c1-10-22(38)26(42)30(46)33(50-10)49-9-19-24(40)28(44)31(47)34(54-19)53-17-7-16-20(13(37)6-15(51-16)11-3-4-14(48-2)12(36)5-11)25(41)21(17)32-29(45)27(43)23(39)18(8-35)52-32/h3-7,10,18-19,22-24,26-36,38-47H,8-9H2,1-2H3/t10-,18+,19+,22-,23+,24+,26+,27-,28-,29+,30+,31+,32-,33+,34+/m0/s1. The Morgan fingerprint density at radius 3 is 2.02 bits per heavy atom. The molecular weight excluding hydrogens is 728 g/mol. The molecule has 0 saturated carbocycles. The molecule has 54 heavy (non-hydrogen) atoms. The van der Waals surface area contributed by atoms with Crippen molar-refractivity contribution >= 4 is 11.0 Å².